The fraction of sp³-hybridized carbons (Fsp3) is 0.577. The average molecular weight is 416 g/mol. The summed E-state index contributed by atoms with van der Waals surface area (Å²) in [6, 6.07) is 11.8. The van der Waals surface area contributed by atoms with Crippen molar-refractivity contribution < 1.29 is 13.9 Å². The van der Waals surface area contributed by atoms with Crippen molar-refractivity contribution in [3.8, 4) is 22.8 Å². The number of halogens is 1. The molecule has 0 spiro atoms. The Labute approximate surface area is 182 Å². The number of alkyl halides is 1. The van der Waals surface area contributed by atoms with Gasteiger partial charge in [-0.25, -0.2) is 4.39 Å². The fourth-order valence-electron chi connectivity index (χ4n) is 3.30. The summed E-state index contributed by atoms with van der Waals surface area (Å²) in [6.07, 6.45) is 12.2. The first kappa shape index (κ1) is 24.2. The number of hydrogen-bond acceptors (Lipinski definition) is 3. The third-order valence-electron chi connectivity index (χ3n) is 5.20. The topological polar surface area (TPSA) is 31.4 Å². The Kier molecular flexibility index (Phi) is 11.9. The van der Waals surface area contributed by atoms with Crippen LogP contribution < -0.4 is 9.47 Å². The molecule has 1 heterocycles. The lowest BCUT2D eigenvalue weighted by Gasteiger charge is -2.10. The van der Waals surface area contributed by atoms with E-state index in [0.29, 0.717) is 12.2 Å². The number of hydrogen-bond donors (Lipinski definition) is 0. The molecule has 0 aliphatic heterocycles. The highest BCUT2D eigenvalue weighted by atomic mass is 19.1. The number of ether oxygens (including phenoxy) is 2. The van der Waals surface area contributed by atoms with Crippen LogP contribution in [0.15, 0.2) is 42.6 Å². The minimum atomic E-state index is -0.918. The average Bonchev–Trinajstić information content (AvgIpc) is 2.79. The third-order valence-corrected chi connectivity index (χ3v) is 5.20. The van der Waals surface area contributed by atoms with Crippen molar-refractivity contribution in [1.82, 2.24) is 4.98 Å². The highest BCUT2D eigenvalue weighted by Gasteiger charge is 2.07. The van der Waals surface area contributed by atoms with E-state index in [2.05, 4.69) is 18.8 Å². The van der Waals surface area contributed by atoms with Gasteiger partial charge in [0.25, 0.3) is 0 Å². The van der Waals surface area contributed by atoms with Crippen molar-refractivity contribution in [1.29, 1.82) is 0 Å². The summed E-state index contributed by atoms with van der Waals surface area (Å²) in [5.74, 6) is 1.50. The Morgan fingerprint density at radius 2 is 1.43 bits per heavy atom. The van der Waals surface area contributed by atoms with E-state index in [1.807, 2.05) is 36.4 Å². The summed E-state index contributed by atoms with van der Waals surface area (Å²) in [6.45, 7) is 5.17. The second-order valence-electron chi connectivity index (χ2n) is 7.92. The van der Waals surface area contributed by atoms with Crippen molar-refractivity contribution in [2.45, 2.75) is 84.2 Å². The van der Waals surface area contributed by atoms with Gasteiger partial charge in [-0.3, -0.25) is 4.98 Å². The highest BCUT2D eigenvalue weighted by molar-refractivity contribution is 5.60. The zero-order valence-corrected chi connectivity index (χ0v) is 18.7. The van der Waals surface area contributed by atoms with Gasteiger partial charge < -0.3 is 9.47 Å². The zero-order chi connectivity index (χ0) is 21.4. The first-order valence-corrected chi connectivity index (χ1v) is 11.7. The molecular weight excluding hydrogens is 377 g/mol. The van der Waals surface area contributed by atoms with Gasteiger partial charge in [-0.2, -0.15) is 0 Å². The molecule has 30 heavy (non-hydrogen) atoms. The normalized spacial score (nSPS) is 12.0. The zero-order valence-electron chi connectivity index (χ0n) is 18.7. The van der Waals surface area contributed by atoms with Crippen LogP contribution in [0.2, 0.25) is 0 Å². The van der Waals surface area contributed by atoms with Gasteiger partial charge in [0.15, 0.2) is 0 Å². The van der Waals surface area contributed by atoms with Gasteiger partial charge in [0.1, 0.15) is 24.3 Å². The summed E-state index contributed by atoms with van der Waals surface area (Å²) >= 11 is 0. The maximum atomic E-state index is 13.7. The lowest BCUT2D eigenvalue weighted by Crippen LogP contribution is -2.12. The van der Waals surface area contributed by atoms with E-state index >= 15 is 0 Å². The second-order valence-corrected chi connectivity index (χ2v) is 7.92. The number of nitrogens with zero attached hydrogens (tertiary/aromatic N) is 1. The van der Waals surface area contributed by atoms with E-state index < -0.39 is 6.17 Å². The van der Waals surface area contributed by atoms with Crippen molar-refractivity contribution in [3.63, 3.8) is 0 Å². The second kappa shape index (κ2) is 14.8. The standard InChI is InChI=1S/C26H38FNO2/c1-3-5-7-8-9-10-11-19-29-24-15-13-22(14-16-24)26-18-17-25(20-28-26)30-21-23(27)12-6-4-2/h13-18,20,23H,3-12,19,21H2,1-2H3. The maximum absolute atomic E-state index is 13.7. The van der Waals surface area contributed by atoms with Gasteiger partial charge in [0, 0.05) is 5.56 Å². The molecule has 3 nitrogen and oxygen atoms in total. The summed E-state index contributed by atoms with van der Waals surface area (Å²) < 4.78 is 25.1. The van der Waals surface area contributed by atoms with Gasteiger partial charge in [-0.1, -0.05) is 65.2 Å². The van der Waals surface area contributed by atoms with Gasteiger partial charge in [-0.15, -0.1) is 0 Å². The molecule has 0 radical (unpaired) electrons. The molecule has 0 saturated carbocycles. The first-order valence-electron chi connectivity index (χ1n) is 11.7. The van der Waals surface area contributed by atoms with Gasteiger partial charge >= 0.3 is 0 Å². The summed E-state index contributed by atoms with van der Waals surface area (Å²) in [7, 11) is 0. The Bertz CT molecular complexity index is 672. The molecule has 0 saturated heterocycles. The third kappa shape index (κ3) is 9.60. The Hall–Kier alpha value is -2.10. The number of benzene rings is 1. The van der Waals surface area contributed by atoms with Crippen LogP contribution in [0.5, 0.6) is 11.5 Å². The molecule has 0 aliphatic carbocycles. The molecule has 2 rings (SSSR count). The predicted octanol–water partition coefficient (Wildman–Crippen LogP) is 7.79. The van der Waals surface area contributed by atoms with Gasteiger partial charge in [0.05, 0.1) is 18.5 Å². The molecule has 1 unspecified atom stereocenters. The maximum Gasteiger partial charge on any atom is 0.137 e. The van der Waals surface area contributed by atoms with Gasteiger partial charge in [-0.05, 0) is 49.2 Å². The first-order chi connectivity index (χ1) is 14.7. The van der Waals surface area contributed by atoms with Gasteiger partial charge in [0.2, 0.25) is 0 Å². The summed E-state index contributed by atoms with van der Waals surface area (Å²) in [5, 5.41) is 0. The molecule has 0 bridgehead atoms. The fourth-order valence-corrected chi connectivity index (χ4v) is 3.30. The predicted molar refractivity (Wildman–Crippen MR) is 123 cm³/mol. The van der Waals surface area contributed by atoms with E-state index in [4.69, 9.17) is 9.47 Å². The van der Waals surface area contributed by atoms with Crippen LogP contribution in [0.4, 0.5) is 4.39 Å². The molecule has 0 amide bonds. The van der Waals surface area contributed by atoms with E-state index in [9.17, 15) is 4.39 Å². The Morgan fingerprint density at radius 3 is 2.10 bits per heavy atom. The van der Waals surface area contributed by atoms with E-state index in [0.717, 1.165) is 42.9 Å². The molecule has 0 fully saturated rings. The monoisotopic (exact) mass is 415 g/mol. The molecule has 1 atom stereocenters. The van der Waals surface area contributed by atoms with Crippen LogP contribution in [0, 0.1) is 0 Å². The Morgan fingerprint density at radius 1 is 0.767 bits per heavy atom. The van der Waals surface area contributed by atoms with E-state index in [1.54, 1.807) is 6.20 Å². The van der Waals surface area contributed by atoms with Crippen LogP contribution in [0.3, 0.4) is 0 Å². The molecule has 2 aromatic rings. The smallest absolute Gasteiger partial charge is 0.137 e. The molecular formula is C26H38FNO2. The van der Waals surface area contributed by atoms with Crippen LogP contribution >= 0.6 is 0 Å². The molecule has 0 aliphatic rings. The molecule has 4 heteroatoms. The van der Waals surface area contributed by atoms with Crippen LogP contribution in [-0.4, -0.2) is 24.4 Å². The Balaban J connectivity index is 1.70. The van der Waals surface area contributed by atoms with Crippen molar-refractivity contribution in [2.24, 2.45) is 0 Å². The number of unbranched alkanes of at least 4 members (excludes halogenated alkanes) is 7. The van der Waals surface area contributed by atoms with Crippen LogP contribution in [-0.2, 0) is 0 Å². The summed E-state index contributed by atoms with van der Waals surface area (Å²) in [4.78, 5) is 4.45. The van der Waals surface area contributed by atoms with Crippen molar-refractivity contribution in [2.75, 3.05) is 13.2 Å². The minimum absolute atomic E-state index is 0.0891. The quantitative estimate of drug-likeness (QED) is 0.262. The number of pyridine rings is 1. The summed E-state index contributed by atoms with van der Waals surface area (Å²) in [5.41, 5.74) is 1.89. The lowest BCUT2D eigenvalue weighted by atomic mass is 10.1. The lowest BCUT2D eigenvalue weighted by molar-refractivity contribution is 0.184. The van der Waals surface area contributed by atoms with Crippen molar-refractivity contribution >= 4 is 0 Å². The molecule has 1 aromatic heterocycles. The molecule has 1 aromatic carbocycles. The van der Waals surface area contributed by atoms with Crippen LogP contribution in [0.1, 0.15) is 78.1 Å². The SMILES string of the molecule is CCCCCCCCCOc1ccc(-c2ccc(OCC(F)CCCC)cn2)cc1. The molecule has 166 valence electrons. The number of aromatic nitrogens is 1. The van der Waals surface area contributed by atoms with E-state index in [1.165, 1.54) is 38.5 Å². The number of rotatable bonds is 16. The largest absolute Gasteiger partial charge is 0.494 e. The molecule has 0 N–H and O–H groups in total. The van der Waals surface area contributed by atoms with Crippen LogP contribution in [0.25, 0.3) is 11.3 Å². The highest BCUT2D eigenvalue weighted by Crippen LogP contribution is 2.23. The van der Waals surface area contributed by atoms with Crippen molar-refractivity contribution in [3.05, 3.63) is 42.6 Å². The minimum Gasteiger partial charge on any atom is -0.494 e. The van der Waals surface area contributed by atoms with E-state index in [-0.39, 0.29) is 6.61 Å².